The summed E-state index contributed by atoms with van der Waals surface area (Å²) in [6.45, 7) is 0.515. The highest BCUT2D eigenvalue weighted by molar-refractivity contribution is 9.10. The van der Waals surface area contributed by atoms with Crippen LogP contribution in [0.5, 0.6) is 0 Å². The summed E-state index contributed by atoms with van der Waals surface area (Å²) in [5.41, 5.74) is 0.958. The van der Waals surface area contributed by atoms with Gasteiger partial charge in [-0.3, -0.25) is 9.89 Å². The molecule has 0 spiro atoms. The summed E-state index contributed by atoms with van der Waals surface area (Å²) < 4.78 is 5.90. The maximum Gasteiger partial charge on any atom is 0.246 e. The minimum atomic E-state index is -0.0938. The van der Waals surface area contributed by atoms with Crippen LogP contribution in [0.4, 0.5) is 0 Å². The lowest BCUT2D eigenvalue weighted by Crippen LogP contribution is -2.23. The number of aromatic nitrogens is 2. The first kappa shape index (κ1) is 12.6. The van der Waals surface area contributed by atoms with Crippen LogP contribution >= 0.6 is 15.9 Å². The Balaban J connectivity index is 1.93. The molecule has 0 saturated heterocycles. The van der Waals surface area contributed by atoms with Crippen molar-refractivity contribution in [3.05, 3.63) is 46.6 Å². The number of aromatic amines is 1. The van der Waals surface area contributed by atoms with Gasteiger partial charge in [0.25, 0.3) is 0 Å². The number of nitrogens with one attached hydrogen (secondary N) is 1. The fourth-order valence-electron chi connectivity index (χ4n) is 1.41. The SMILES string of the molecule is CN(Cc1cn[nH]c1)C(=O)C=Cc1ccc(Br)o1. The van der Waals surface area contributed by atoms with E-state index in [4.69, 9.17) is 4.42 Å². The molecule has 0 aliphatic rings. The van der Waals surface area contributed by atoms with E-state index in [-0.39, 0.29) is 5.91 Å². The highest BCUT2D eigenvalue weighted by Crippen LogP contribution is 2.15. The molecule has 0 atom stereocenters. The van der Waals surface area contributed by atoms with Gasteiger partial charge < -0.3 is 9.32 Å². The number of nitrogens with zero attached hydrogens (tertiary/aromatic N) is 2. The first-order chi connectivity index (χ1) is 8.65. The molecular formula is C12H12BrN3O2. The van der Waals surface area contributed by atoms with Gasteiger partial charge in [0.15, 0.2) is 4.67 Å². The van der Waals surface area contributed by atoms with Crippen LogP contribution in [0, 0.1) is 0 Å². The number of H-pyrrole nitrogens is 1. The standard InChI is InChI=1S/C12H12BrN3O2/c1-16(8-9-6-14-15-7-9)12(17)5-3-10-2-4-11(13)18-10/h2-7H,8H2,1H3,(H,14,15). The Morgan fingerprint density at radius 1 is 1.61 bits per heavy atom. The van der Waals surface area contributed by atoms with Crippen LogP contribution in [0.1, 0.15) is 11.3 Å². The van der Waals surface area contributed by atoms with Gasteiger partial charge in [0.2, 0.25) is 5.91 Å². The Morgan fingerprint density at radius 2 is 2.44 bits per heavy atom. The number of rotatable bonds is 4. The van der Waals surface area contributed by atoms with E-state index in [1.165, 1.54) is 6.08 Å². The zero-order valence-corrected chi connectivity index (χ0v) is 11.3. The van der Waals surface area contributed by atoms with Gasteiger partial charge >= 0.3 is 0 Å². The summed E-state index contributed by atoms with van der Waals surface area (Å²) in [4.78, 5) is 13.4. The summed E-state index contributed by atoms with van der Waals surface area (Å²) in [6.07, 6.45) is 6.57. The summed E-state index contributed by atoms with van der Waals surface area (Å²) in [7, 11) is 1.73. The molecular weight excluding hydrogens is 298 g/mol. The number of hydrogen-bond acceptors (Lipinski definition) is 3. The van der Waals surface area contributed by atoms with E-state index >= 15 is 0 Å². The Bertz CT molecular complexity index is 545. The number of furan rings is 1. The zero-order valence-electron chi connectivity index (χ0n) is 9.76. The normalized spacial score (nSPS) is 11.0. The van der Waals surface area contributed by atoms with Crippen LogP contribution < -0.4 is 0 Å². The van der Waals surface area contributed by atoms with Crippen molar-refractivity contribution in [3.8, 4) is 0 Å². The Hall–Kier alpha value is -1.82. The molecule has 1 amide bonds. The fraction of sp³-hybridized carbons (Fsp3) is 0.167. The molecule has 94 valence electrons. The average molecular weight is 310 g/mol. The lowest BCUT2D eigenvalue weighted by molar-refractivity contribution is -0.125. The lowest BCUT2D eigenvalue weighted by Gasteiger charge is -2.13. The van der Waals surface area contributed by atoms with Crippen LogP contribution in [0.2, 0.25) is 0 Å². The highest BCUT2D eigenvalue weighted by Gasteiger charge is 2.06. The maximum atomic E-state index is 11.8. The largest absolute Gasteiger partial charge is 0.450 e. The van der Waals surface area contributed by atoms with Crippen molar-refractivity contribution in [2.75, 3.05) is 7.05 Å². The van der Waals surface area contributed by atoms with Gasteiger partial charge in [0.1, 0.15) is 5.76 Å². The van der Waals surface area contributed by atoms with Crippen molar-refractivity contribution in [2.24, 2.45) is 0 Å². The molecule has 0 saturated carbocycles. The van der Waals surface area contributed by atoms with Crippen molar-refractivity contribution in [3.63, 3.8) is 0 Å². The molecule has 2 aromatic heterocycles. The predicted octanol–water partition coefficient (Wildman–Crippen LogP) is 2.44. The van der Waals surface area contributed by atoms with Gasteiger partial charge in [-0.05, 0) is 34.1 Å². The van der Waals surface area contributed by atoms with Crippen LogP contribution in [0.15, 0.2) is 39.7 Å². The van der Waals surface area contributed by atoms with Crippen LogP contribution in [0.25, 0.3) is 6.08 Å². The molecule has 0 radical (unpaired) electrons. The van der Waals surface area contributed by atoms with Crippen LogP contribution in [-0.4, -0.2) is 28.1 Å². The van der Waals surface area contributed by atoms with Gasteiger partial charge in [-0.2, -0.15) is 5.10 Å². The number of likely N-dealkylation sites (N-methyl/N-ethyl adjacent to an activating group) is 1. The van der Waals surface area contributed by atoms with Crippen LogP contribution in [-0.2, 0) is 11.3 Å². The van der Waals surface area contributed by atoms with Gasteiger partial charge in [0, 0.05) is 31.4 Å². The molecule has 0 aliphatic carbocycles. The van der Waals surface area contributed by atoms with Crippen molar-refractivity contribution >= 4 is 27.9 Å². The zero-order chi connectivity index (χ0) is 13.0. The first-order valence-electron chi connectivity index (χ1n) is 5.31. The molecule has 5 nitrogen and oxygen atoms in total. The summed E-state index contributed by atoms with van der Waals surface area (Å²) in [5, 5.41) is 6.54. The molecule has 18 heavy (non-hydrogen) atoms. The van der Waals surface area contributed by atoms with Crippen molar-refractivity contribution < 1.29 is 9.21 Å². The van der Waals surface area contributed by atoms with E-state index in [1.54, 1.807) is 42.6 Å². The van der Waals surface area contributed by atoms with Gasteiger partial charge in [-0.25, -0.2) is 0 Å². The van der Waals surface area contributed by atoms with E-state index in [0.717, 1.165) is 5.56 Å². The summed E-state index contributed by atoms with van der Waals surface area (Å²) >= 11 is 3.20. The molecule has 2 heterocycles. The molecule has 0 bridgehead atoms. The third-order valence-electron chi connectivity index (χ3n) is 2.33. The minimum absolute atomic E-state index is 0.0938. The van der Waals surface area contributed by atoms with Crippen molar-refractivity contribution in [1.82, 2.24) is 15.1 Å². The number of carbonyl (C=O) groups excluding carboxylic acids is 1. The minimum Gasteiger partial charge on any atom is -0.450 e. The molecule has 2 aromatic rings. The number of amides is 1. The third-order valence-corrected chi connectivity index (χ3v) is 2.76. The highest BCUT2D eigenvalue weighted by atomic mass is 79.9. The molecule has 0 aliphatic heterocycles. The summed E-state index contributed by atoms with van der Waals surface area (Å²) in [5.74, 6) is 0.538. The number of carbonyl (C=O) groups is 1. The first-order valence-corrected chi connectivity index (χ1v) is 6.10. The molecule has 1 N–H and O–H groups in total. The summed E-state index contributed by atoms with van der Waals surface area (Å²) in [6, 6.07) is 3.56. The molecule has 6 heteroatoms. The molecule has 2 rings (SSSR count). The molecule has 0 aromatic carbocycles. The predicted molar refractivity (Wildman–Crippen MR) is 70.5 cm³/mol. The molecule has 0 unspecified atom stereocenters. The van der Waals surface area contributed by atoms with Gasteiger partial charge in [0.05, 0.1) is 6.20 Å². The van der Waals surface area contributed by atoms with E-state index in [0.29, 0.717) is 17.0 Å². The van der Waals surface area contributed by atoms with Gasteiger partial charge in [-0.1, -0.05) is 0 Å². The second-order valence-electron chi connectivity index (χ2n) is 3.78. The molecule has 0 fully saturated rings. The topological polar surface area (TPSA) is 62.1 Å². The second kappa shape index (κ2) is 5.68. The van der Waals surface area contributed by atoms with E-state index in [2.05, 4.69) is 26.1 Å². The Labute approximate surface area is 113 Å². The maximum absolute atomic E-state index is 11.8. The smallest absolute Gasteiger partial charge is 0.246 e. The lowest BCUT2D eigenvalue weighted by atomic mass is 10.3. The Kier molecular flexibility index (Phi) is 3.99. The van der Waals surface area contributed by atoms with Crippen LogP contribution in [0.3, 0.4) is 0 Å². The fourth-order valence-corrected chi connectivity index (χ4v) is 1.73. The monoisotopic (exact) mass is 309 g/mol. The third kappa shape index (κ3) is 3.33. The van der Waals surface area contributed by atoms with E-state index in [9.17, 15) is 4.79 Å². The number of hydrogen-bond donors (Lipinski definition) is 1. The average Bonchev–Trinajstić information content (AvgIpc) is 2.97. The number of halogens is 1. The van der Waals surface area contributed by atoms with Crippen molar-refractivity contribution in [2.45, 2.75) is 6.54 Å². The van der Waals surface area contributed by atoms with E-state index in [1.807, 2.05) is 0 Å². The second-order valence-corrected chi connectivity index (χ2v) is 4.56. The van der Waals surface area contributed by atoms with E-state index < -0.39 is 0 Å². The Morgan fingerprint density at radius 3 is 3.06 bits per heavy atom. The van der Waals surface area contributed by atoms with Gasteiger partial charge in [-0.15, -0.1) is 0 Å². The quantitative estimate of drug-likeness (QED) is 0.882. The van der Waals surface area contributed by atoms with Crippen molar-refractivity contribution in [1.29, 1.82) is 0 Å².